The Morgan fingerprint density at radius 2 is 2.20 bits per heavy atom. The van der Waals surface area contributed by atoms with Crippen molar-refractivity contribution in [1.82, 2.24) is 15.8 Å². The van der Waals surface area contributed by atoms with Crippen molar-refractivity contribution in [2.24, 2.45) is 5.92 Å². The van der Waals surface area contributed by atoms with Crippen LogP contribution in [0, 0.1) is 5.92 Å². The van der Waals surface area contributed by atoms with Crippen LogP contribution in [0.15, 0.2) is 24.3 Å². The highest BCUT2D eigenvalue weighted by Gasteiger charge is 2.37. The van der Waals surface area contributed by atoms with E-state index in [-0.39, 0.29) is 0 Å². The largest absolute Gasteiger partial charge is 0.496 e. The Kier molecular flexibility index (Phi) is 4.24. The summed E-state index contributed by atoms with van der Waals surface area (Å²) in [6, 6.07) is 9.56. The highest BCUT2D eigenvalue weighted by molar-refractivity contribution is 5.33. The molecular formula is C16H25N3O. The Morgan fingerprint density at radius 1 is 1.35 bits per heavy atom. The molecule has 20 heavy (non-hydrogen) atoms. The first kappa shape index (κ1) is 13.9. The summed E-state index contributed by atoms with van der Waals surface area (Å²) in [5.41, 5.74) is 8.07. The number of hydrogen-bond donors (Lipinski definition) is 2. The molecule has 0 aliphatic carbocycles. The minimum atomic E-state index is 0.562. The molecule has 2 heterocycles. The van der Waals surface area contributed by atoms with Gasteiger partial charge in [-0.15, -0.1) is 0 Å². The van der Waals surface area contributed by atoms with Gasteiger partial charge in [0.1, 0.15) is 5.75 Å². The SMILES string of the molecule is COc1ccccc1CN1CCCC1C1NNCC1C. The Morgan fingerprint density at radius 3 is 2.95 bits per heavy atom. The molecule has 0 saturated carbocycles. The predicted octanol–water partition coefficient (Wildman–Crippen LogP) is 1.77. The number of nitrogens with zero attached hydrogens (tertiary/aromatic N) is 1. The fourth-order valence-electron chi connectivity index (χ4n) is 3.59. The summed E-state index contributed by atoms with van der Waals surface area (Å²) in [5.74, 6) is 1.70. The average Bonchev–Trinajstić information content (AvgIpc) is 3.08. The molecule has 0 radical (unpaired) electrons. The van der Waals surface area contributed by atoms with E-state index in [1.165, 1.54) is 24.9 Å². The number of nitrogens with one attached hydrogen (secondary N) is 2. The number of para-hydroxylation sites is 1. The molecule has 2 saturated heterocycles. The van der Waals surface area contributed by atoms with Gasteiger partial charge in [0.25, 0.3) is 0 Å². The number of hydrazine groups is 1. The van der Waals surface area contributed by atoms with Gasteiger partial charge < -0.3 is 4.74 Å². The molecular weight excluding hydrogens is 250 g/mol. The first-order valence-corrected chi connectivity index (χ1v) is 7.64. The highest BCUT2D eigenvalue weighted by Crippen LogP contribution is 2.29. The van der Waals surface area contributed by atoms with Gasteiger partial charge in [-0.3, -0.25) is 15.8 Å². The smallest absolute Gasteiger partial charge is 0.123 e. The zero-order chi connectivity index (χ0) is 13.9. The van der Waals surface area contributed by atoms with E-state index in [0.29, 0.717) is 18.0 Å². The van der Waals surface area contributed by atoms with Crippen LogP contribution in [-0.4, -0.2) is 37.2 Å². The molecule has 0 aromatic heterocycles. The van der Waals surface area contributed by atoms with Crippen molar-refractivity contribution in [1.29, 1.82) is 0 Å². The summed E-state index contributed by atoms with van der Waals surface area (Å²) in [7, 11) is 1.75. The number of ether oxygens (including phenoxy) is 1. The van der Waals surface area contributed by atoms with E-state index in [9.17, 15) is 0 Å². The number of methoxy groups -OCH3 is 1. The van der Waals surface area contributed by atoms with Crippen LogP contribution >= 0.6 is 0 Å². The van der Waals surface area contributed by atoms with Crippen LogP contribution < -0.4 is 15.6 Å². The van der Waals surface area contributed by atoms with E-state index >= 15 is 0 Å². The second-order valence-corrected chi connectivity index (χ2v) is 6.02. The second kappa shape index (κ2) is 6.12. The van der Waals surface area contributed by atoms with Gasteiger partial charge in [0.15, 0.2) is 0 Å². The summed E-state index contributed by atoms with van der Waals surface area (Å²) in [6.07, 6.45) is 2.59. The van der Waals surface area contributed by atoms with Crippen LogP contribution in [0.1, 0.15) is 25.3 Å². The molecule has 0 spiro atoms. The van der Waals surface area contributed by atoms with Crippen molar-refractivity contribution in [2.75, 3.05) is 20.2 Å². The average molecular weight is 275 g/mol. The number of rotatable bonds is 4. The van der Waals surface area contributed by atoms with Crippen molar-refractivity contribution in [3.05, 3.63) is 29.8 Å². The van der Waals surface area contributed by atoms with Crippen LogP contribution in [0.4, 0.5) is 0 Å². The molecule has 2 fully saturated rings. The first-order chi connectivity index (χ1) is 9.79. The predicted molar refractivity (Wildman–Crippen MR) is 80.5 cm³/mol. The normalized spacial score (nSPS) is 30.8. The molecule has 3 rings (SSSR count). The third-order valence-electron chi connectivity index (χ3n) is 4.70. The van der Waals surface area contributed by atoms with Crippen molar-refractivity contribution in [3.63, 3.8) is 0 Å². The van der Waals surface area contributed by atoms with E-state index in [0.717, 1.165) is 18.8 Å². The second-order valence-electron chi connectivity index (χ2n) is 6.02. The maximum Gasteiger partial charge on any atom is 0.123 e. The fraction of sp³-hybridized carbons (Fsp3) is 0.625. The maximum absolute atomic E-state index is 5.48. The summed E-state index contributed by atoms with van der Waals surface area (Å²) in [4.78, 5) is 2.61. The van der Waals surface area contributed by atoms with Crippen LogP contribution in [-0.2, 0) is 6.54 Å². The third kappa shape index (κ3) is 2.68. The Bertz CT molecular complexity index is 451. The Labute approximate surface area is 121 Å². The molecule has 3 atom stereocenters. The van der Waals surface area contributed by atoms with Crippen LogP contribution in [0.3, 0.4) is 0 Å². The van der Waals surface area contributed by atoms with Gasteiger partial charge in [0, 0.05) is 30.7 Å². The van der Waals surface area contributed by atoms with Gasteiger partial charge in [-0.1, -0.05) is 25.1 Å². The fourth-order valence-corrected chi connectivity index (χ4v) is 3.59. The monoisotopic (exact) mass is 275 g/mol. The molecule has 0 bridgehead atoms. The van der Waals surface area contributed by atoms with Crippen molar-refractivity contribution in [2.45, 2.75) is 38.4 Å². The molecule has 4 nitrogen and oxygen atoms in total. The molecule has 1 aromatic rings. The molecule has 1 aromatic carbocycles. The first-order valence-electron chi connectivity index (χ1n) is 7.64. The Balaban J connectivity index is 1.72. The lowest BCUT2D eigenvalue weighted by molar-refractivity contribution is 0.185. The molecule has 0 amide bonds. The lowest BCUT2D eigenvalue weighted by atomic mass is 9.95. The van der Waals surface area contributed by atoms with Gasteiger partial charge in [0.2, 0.25) is 0 Å². The van der Waals surface area contributed by atoms with Gasteiger partial charge in [-0.25, -0.2) is 0 Å². The quantitative estimate of drug-likeness (QED) is 0.878. The molecule has 110 valence electrons. The van der Waals surface area contributed by atoms with E-state index in [1.807, 2.05) is 6.07 Å². The van der Waals surface area contributed by atoms with E-state index in [1.54, 1.807) is 7.11 Å². The van der Waals surface area contributed by atoms with Crippen molar-refractivity contribution >= 4 is 0 Å². The van der Waals surface area contributed by atoms with Crippen LogP contribution in [0.2, 0.25) is 0 Å². The molecule has 4 heteroatoms. The lowest BCUT2D eigenvalue weighted by Gasteiger charge is -2.31. The topological polar surface area (TPSA) is 36.5 Å². The summed E-state index contributed by atoms with van der Waals surface area (Å²) in [6.45, 7) is 5.58. The van der Waals surface area contributed by atoms with Gasteiger partial charge in [-0.2, -0.15) is 0 Å². The van der Waals surface area contributed by atoms with Gasteiger partial charge in [0.05, 0.1) is 7.11 Å². The minimum Gasteiger partial charge on any atom is -0.496 e. The number of benzene rings is 1. The van der Waals surface area contributed by atoms with Crippen LogP contribution in [0.5, 0.6) is 5.75 Å². The van der Waals surface area contributed by atoms with Crippen molar-refractivity contribution in [3.8, 4) is 5.75 Å². The summed E-state index contributed by atoms with van der Waals surface area (Å²) < 4.78 is 5.48. The molecule has 2 aliphatic rings. The molecule has 2 aliphatic heterocycles. The number of likely N-dealkylation sites (tertiary alicyclic amines) is 1. The van der Waals surface area contributed by atoms with Gasteiger partial charge in [-0.05, 0) is 31.4 Å². The molecule has 2 N–H and O–H groups in total. The summed E-state index contributed by atoms with van der Waals surface area (Å²) in [5, 5.41) is 0. The molecule has 3 unspecified atom stereocenters. The van der Waals surface area contributed by atoms with Crippen molar-refractivity contribution < 1.29 is 4.74 Å². The van der Waals surface area contributed by atoms with E-state index in [2.05, 4.69) is 40.9 Å². The van der Waals surface area contributed by atoms with E-state index in [4.69, 9.17) is 4.74 Å². The summed E-state index contributed by atoms with van der Waals surface area (Å²) >= 11 is 0. The number of hydrogen-bond acceptors (Lipinski definition) is 4. The minimum absolute atomic E-state index is 0.562. The zero-order valence-corrected chi connectivity index (χ0v) is 12.4. The van der Waals surface area contributed by atoms with Crippen LogP contribution in [0.25, 0.3) is 0 Å². The lowest BCUT2D eigenvalue weighted by Crippen LogP contribution is -2.47. The maximum atomic E-state index is 5.48. The van der Waals surface area contributed by atoms with Gasteiger partial charge >= 0.3 is 0 Å². The zero-order valence-electron chi connectivity index (χ0n) is 12.4. The highest BCUT2D eigenvalue weighted by atomic mass is 16.5. The standard InChI is InChI=1S/C16H25N3O/c1-12-10-17-18-16(12)14-7-5-9-19(14)11-13-6-3-4-8-15(13)20-2/h3-4,6,8,12,14,16-18H,5,7,9-11H2,1-2H3. The third-order valence-corrected chi connectivity index (χ3v) is 4.70. The van der Waals surface area contributed by atoms with E-state index < -0.39 is 0 Å². The Hall–Kier alpha value is -1.10.